The van der Waals surface area contributed by atoms with Gasteiger partial charge in [0, 0.05) is 0 Å². The van der Waals surface area contributed by atoms with E-state index in [1.54, 1.807) is 12.1 Å². The van der Waals surface area contributed by atoms with E-state index in [1.165, 1.54) is 6.20 Å². The third-order valence-electron chi connectivity index (χ3n) is 2.36. The third-order valence-corrected chi connectivity index (χ3v) is 2.36. The highest BCUT2D eigenvalue weighted by Gasteiger charge is 2.12. The second-order valence-electron chi connectivity index (χ2n) is 3.99. The van der Waals surface area contributed by atoms with Crippen LogP contribution in [-0.2, 0) is 16.0 Å². The van der Waals surface area contributed by atoms with Crippen LogP contribution in [0.15, 0.2) is 18.3 Å². The zero-order valence-electron chi connectivity index (χ0n) is 10.2. The number of nitrogens with one attached hydrogen (secondary N) is 1. The average molecular weight is 251 g/mol. The number of anilines is 1. The lowest BCUT2D eigenvalue weighted by atomic mass is 10.1. The molecule has 1 atom stereocenters. The van der Waals surface area contributed by atoms with Crippen LogP contribution >= 0.6 is 0 Å². The van der Waals surface area contributed by atoms with Gasteiger partial charge in [-0.15, -0.1) is 0 Å². The Labute approximate surface area is 105 Å². The number of amides is 1. The summed E-state index contributed by atoms with van der Waals surface area (Å²) in [5.74, 6) is -1.20. The van der Waals surface area contributed by atoms with Crippen molar-refractivity contribution in [3.05, 3.63) is 24.0 Å². The van der Waals surface area contributed by atoms with Gasteiger partial charge in [-0.05, 0) is 18.6 Å². The highest BCUT2D eigenvalue weighted by Crippen LogP contribution is 2.08. The second kappa shape index (κ2) is 6.70. The van der Waals surface area contributed by atoms with Crippen LogP contribution in [0.25, 0.3) is 0 Å². The first kappa shape index (κ1) is 14.1. The Bertz CT molecular complexity index is 417. The molecule has 1 rings (SSSR count). The van der Waals surface area contributed by atoms with Crippen molar-refractivity contribution in [2.75, 3.05) is 5.32 Å². The molecule has 98 valence electrons. The molecule has 0 aromatic carbocycles. The van der Waals surface area contributed by atoms with Crippen LogP contribution in [0.3, 0.4) is 0 Å². The van der Waals surface area contributed by atoms with E-state index in [1.807, 2.05) is 6.92 Å². The number of carboxylic acids is 1. The minimum atomic E-state index is -0.941. The van der Waals surface area contributed by atoms with Crippen molar-refractivity contribution in [1.29, 1.82) is 0 Å². The molecule has 6 nitrogen and oxygen atoms in total. The van der Waals surface area contributed by atoms with Gasteiger partial charge in [0.2, 0.25) is 5.91 Å². The predicted molar refractivity (Wildman–Crippen MR) is 67.1 cm³/mol. The summed E-state index contributed by atoms with van der Waals surface area (Å²) >= 11 is 0. The average Bonchev–Trinajstić information content (AvgIpc) is 2.31. The van der Waals surface area contributed by atoms with Gasteiger partial charge in [-0.25, -0.2) is 0 Å². The largest absolute Gasteiger partial charge is 0.481 e. The fourth-order valence-electron chi connectivity index (χ4n) is 1.43. The van der Waals surface area contributed by atoms with E-state index in [4.69, 9.17) is 10.8 Å². The summed E-state index contributed by atoms with van der Waals surface area (Å²) in [6, 6.07) is 2.64. The summed E-state index contributed by atoms with van der Waals surface area (Å²) in [4.78, 5) is 26.0. The molecule has 0 saturated carbocycles. The number of rotatable bonds is 6. The lowest BCUT2D eigenvalue weighted by molar-refractivity contribution is -0.136. The number of carboxylic acid groups (broad SMARTS) is 1. The van der Waals surface area contributed by atoms with Crippen molar-refractivity contribution < 1.29 is 14.7 Å². The quantitative estimate of drug-likeness (QED) is 0.692. The Morgan fingerprint density at radius 2 is 2.22 bits per heavy atom. The molecule has 0 bridgehead atoms. The van der Waals surface area contributed by atoms with E-state index in [0.717, 1.165) is 6.42 Å². The van der Waals surface area contributed by atoms with Gasteiger partial charge in [0.25, 0.3) is 0 Å². The van der Waals surface area contributed by atoms with Gasteiger partial charge >= 0.3 is 5.97 Å². The molecule has 0 aliphatic heterocycles. The van der Waals surface area contributed by atoms with Crippen LogP contribution in [0.1, 0.15) is 25.5 Å². The molecule has 0 aliphatic carbocycles. The zero-order valence-corrected chi connectivity index (χ0v) is 10.2. The second-order valence-corrected chi connectivity index (χ2v) is 3.99. The van der Waals surface area contributed by atoms with E-state index in [9.17, 15) is 9.59 Å². The van der Waals surface area contributed by atoms with Crippen molar-refractivity contribution in [3.8, 4) is 0 Å². The third kappa shape index (κ3) is 4.50. The normalized spacial score (nSPS) is 11.9. The van der Waals surface area contributed by atoms with Crippen molar-refractivity contribution in [2.24, 2.45) is 5.73 Å². The zero-order chi connectivity index (χ0) is 13.5. The van der Waals surface area contributed by atoms with Crippen LogP contribution < -0.4 is 11.1 Å². The maximum Gasteiger partial charge on any atom is 0.309 e. The number of hydrogen-bond acceptors (Lipinski definition) is 4. The SMILES string of the molecule is CCC[C@H](N)C(=O)Nc1ccc(CC(=O)O)nc1. The maximum atomic E-state index is 11.6. The highest BCUT2D eigenvalue weighted by molar-refractivity contribution is 5.94. The number of carbonyl (C=O) groups excluding carboxylic acids is 1. The summed E-state index contributed by atoms with van der Waals surface area (Å²) in [6.07, 6.45) is 2.75. The summed E-state index contributed by atoms with van der Waals surface area (Å²) < 4.78 is 0. The topological polar surface area (TPSA) is 105 Å². The van der Waals surface area contributed by atoms with E-state index in [0.29, 0.717) is 17.8 Å². The first-order valence-corrected chi connectivity index (χ1v) is 5.76. The van der Waals surface area contributed by atoms with Crippen molar-refractivity contribution >= 4 is 17.6 Å². The first-order valence-electron chi connectivity index (χ1n) is 5.76. The summed E-state index contributed by atoms with van der Waals surface area (Å²) in [5.41, 5.74) is 6.62. The number of aliphatic carboxylic acids is 1. The molecule has 0 fully saturated rings. The molecule has 0 saturated heterocycles. The summed E-state index contributed by atoms with van der Waals surface area (Å²) in [6.45, 7) is 1.95. The minimum absolute atomic E-state index is 0.135. The molecule has 1 amide bonds. The van der Waals surface area contributed by atoms with Crippen LogP contribution in [0.5, 0.6) is 0 Å². The van der Waals surface area contributed by atoms with Crippen molar-refractivity contribution in [3.63, 3.8) is 0 Å². The van der Waals surface area contributed by atoms with Gasteiger partial charge in [-0.1, -0.05) is 13.3 Å². The summed E-state index contributed by atoms with van der Waals surface area (Å²) in [7, 11) is 0. The maximum absolute atomic E-state index is 11.6. The van der Waals surface area contributed by atoms with Gasteiger partial charge in [-0.3, -0.25) is 14.6 Å². The van der Waals surface area contributed by atoms with E-state index >= 15 is 0 Å². The number of nitrogens with zero attached hydrogens (tertiary/aromatic N) is 1. The number of pyridine rings is 1. The molecule has 0 spiro atoms. The smallest absolute Gasteiger partial charge is 0.309 e. The molecule has 4 N–H and O–H groups in total. The Morgan fingerprint density at radius 3 is 2.72 bits per heavy atom. The molecule has 1 aromatic rings. The van der Waals surface area contributed by atoms with Crippen LogP contribution in [0, 0.1) is 0 Å². The lowest BCUT2D eigenvalue weighted by Gasteiger charge is -2.10. The summed E-state index contributed by atoms with van der Waals surface area (Å²) in [5, 5.41) is 11.2. The van der Waals surface area contributed by atoms with E-state index in [2.05, 4.69) is 10.3 Å². The molecule has 1 heterocycles. The highest BCUT2D eigenvalue weighted by atomic mass is 16.4. The lowest BCUT2D eigenvalue weighted by Crippen LogP contribution is -2.35. The molecule has 0 aliphatic rings. The monoisotopic (exact) mass is 251 g/mol. The molecule has 1 aromatic heterocycles. The van der Waals surface area contributed by atoms with Crippen LogP contribution in [-0.4, -0.2) is 28.0 Å². The Balaban J connectivity index is 2.58. The van der Waals surface area contributed by atoms with Gasteiger partial charge in [0.1, 0.15) is 0 Å². The minimum Gasteiger partial charge on any atom is -0.481 e. The first-order chi connectivity index (χ1) is 8.52. The van der Waals surface area contributed by atoms with Gasteiger partial charge < -0.3 is 16.2 Å². The molecule has 18 heavy (non-hydrogen) atoms. The molecule has 0 radical (unpaired) electrons. The van der Waals surface area contributed by atoms with Crippen molar-refractivity contribution in [1.82, 2.24) is 4.98 Å². The van der Waals surface area contributed by atoms with Crippen LogP contribution in [0.2, 0.25) is 0 Å². The fraction of sp³-hybridized carbons (Fsp3) is 0.417. The fourth-order valence-corrected chi connectivity index (χ4v) is 1.43. The number of carbonyl (C=O) groups is 2. The molecular formula is C12H17N3O3. The molecule has 6 heteroatoms. The van der Waals surface area contributed by atoms with Gasteiger partial charge in [0.15, 0.2) is 0 Å². The van der Waals surface area contributed by atoms with E-state index < -0.39 is 12.0 Å². The number of aromatic nitrogens is 1. The standard InChI is InChI=1S/C12H17N3O3/c1-2-3-10(13)12(18)15-9-5-4-8(14-7-9)6-11(16)17/h4-5,7,10H,2-3,6,13H2,1H3,(H,15,18)(H,16,17)/t10-/m0/s1. The Kier molecular flexibility index (Phi) is 5.26. The van der Waals surface area contributed by atoms with Crippen molar-refractivity contribution in [2.45, 2.75) is 32.2 Å². The van der Waals surface area contributed by atoms with Gasteiger partial charge in [-0.2, -0.15) is 0 Å². The Morgan fingerprint density at radius 1 is 1.50 bits per heavy atom. The number of nitrogens with two attached hydrogens (primary N) is 1. The predicted octanol–water partition coefficient (Wildman–Crippen LogP) is 0.775. The Hall–Kier alpha value is -1.95. The number of hydrogen-bond donors (Lipinski definition) is 3. The van der Waals surface area contributed by atoms with Gasteiger partial charge in [0.05, 0.1) is 30.0 Å². The molecular weight excluding hydrogens is 234 g/mol. The van der Waals surface area contributed by atoms with E-state index in [-0.39, 0.29) is 12.3 Å². The molecule has 0 unspecified atom stereocenters. The van der Waals surface area contributed by atoms with Crippen LogP contribution in [0.4, 0.5) is 5.69 Å².